The SMILES string of the molecule is CN(C)CCCN(c1ccncc1)c1ccc(-c2ccc3c(C(N)=O)nn(-c4ccc5onc(N)c5c4)c3c2F)c(F)c1.CS(=O)(=O)O.CS(=O)(=O)O. The molecule has 6 rings (SSSR count). The van der Waals surface area contributed by atoms with Crippen molar-refractivity contribution in [3.8, 4) is 16.8 Å². The molecule has 16 nitrogen and oxygen atoms in total. The van der Waals surface area contributed by atoms with Crippen LogP contribution < -0.4 is 16.4 Å². The van der Waals surface area contributed by atoms with Gasteiger partial charge in [0.15, 0.2) is 22.9 Å². The molecule has 0 aliphatic heterocycles. The Kier molecular flexibility index (Phi) is 12.5. The predicted molar refractivity (Wildman–Crippen MR) is 196 cm³/mol. The highest BCUT2D eigenvalue weighted by Gasteiger charge is 2.24. The molecule has 3 aromatic heterocycles. The van der Waals surface area contributed by atoms with E-state index in [0.29, 0.717) is 41.4 Å². The van der Waals surface area contributed by atoms with Crippen LogP contribution in [0.4, 0.5) is 26.0 Å². The first kappa shape index (κ1) is 40.2. The van der Waals surface area contributed by atoms with Crippen LogP contribution in [0.15, 0.2) is 77.6 Å². The van der Waals surface area contributed by atoms with Gasteiger partial charge in [0.1, 0.15) is 11.3 Å². The van der Waals surface area contributed by atoms with E-state index in [1.807, 2.05) is 31.1 Å². The summed E-state index contributed by atoms with van der Waals surface area (Å²) in [6.07, 6.45) is 5.63. The zero-order valence-electron chi connectivity index (χ0n) is 28.8. The van der Waals surface area contributed by atoms with E-state index >= 15 is 8.78 Å². The minimum absolute atomic E-state index is 0.00218. The molecule has 3 aromatic carbocycles. The molecule has 0 radical (unpaired) electrons. The number of benzene rings is 3. The Labute approximate surface area is 303 Å². The van der Waals surface area contributed by atoms with Crippen LogP contribution in [0.1, 0.15) is 16.9 Å². The second-order valence-corrected chi connectivity index (χ2v) is 14.8. The van der Waals surface area contributed by atoms with Crippen molar-refractivity contribution in [1.82, 2.24) is 24.8 Å². The minimum Gasteiger partial charge on any atom is -0.380 e. The number of fused-ring (bicyclic) bond motifs is 2. The van der Waals surface area contributed by atoms with Crippen LogP contribution in [-0.4, -0.2) is 96.4 Å². The van der Waals surface area contributed by atoms with Crippen LogP contribution in [0.2, 0.25) is 0 Å². The van der Waals surface area contributed by atoms with Crippen LogP contribution in [0, 0.1) is 11.6 Å². The van der Waals surface area contributed by atoms with Crippen molar-refractivity contribution in [2.24, 2.45) is 5.73 Å². The Morgan fingerprint density at radius 3 is 2.08 bits per heavy atom. The lowest BCUT2D eigenvalue weighted by atomic mass is 10.0. The fourth-order valence-electron chi connectivity index (χ4n) is 5.19. The molecule has 0 fully saturated rings. The van der Waals surface area contributed by atoms with Crippen LogP contribution in [-0.2, 0) is 20.2 Å². The molecule has 0 unspecified atom stereocenters. The average molecular weight is 775 g/mol. The molecule has 0 atom stereocenters. The summed E-state index contributed by atoms with van der Waals surface area (Å²) in [4.78, 5) is 20.4. The number of anilines is 3. The molecule has 0 saturated carbocycles. The first-order chi connectivity index (χ1) is 24.7. The van der Waals surface area contributed by atoms with Gasteiger partial charge in [0, 0.05) is 46.8 Å². The molecule has 53 heavy (non-hydrogen) atoms. The van der Waals surface area contributed by atoms with Crippen molar-refractivity contribution in [3.63, 3.8) is 0 Å². The lowest BCUT2D eigenvalue weighted by Crippen LogP contribution is -2.23. The lowest BCUT2D eigenvalue weighted by molar-refractivity contribution is 0.0996. The molecule has 0 spiro atoms. The molecule has 20 heteroatoms. The summed E-state index contributed by atoms with van der Waals surface area (Å²) in [7, 11) is -3.34. The standard InChI is InChI=1S/C31H28F2N8O2.2CH4O3S/c1-39(2)14-3-15-40(18-10-12-36-13-11-18)19-4-6-21(25(32)17-19)22-7-8-23-28(31(35)42)37-41(29(23)27(22)33)20-5-9-26-24(16-20)30(34)38-43-26;2*1-5(2,3)4/h4-13,16-17H,3,14-15H2,1-2H3,(H2,34,38)(H2,35,42);2*1H3,(H,2,3,4). The molecule has 6 N–H and O–H groups in total. The number of rotatable bonds is 9. The van der Waals surface area contributed by atoms with E-state index in [-0.39, 0.29) is 33.5 Å². The molecule has 0 bridgehead atoms. The number of halogens is 2. The Morgan fingerprint density at radius 1 is 0.868 bits per heavy atom. The number of carbonyl (C=O) groups is 1. The van der Waals surface area contributed by atoms with Crippen molar-refractivity contribution >= 4 is 65.2 Å². The van der Waals surface area contributed by atoms with Gasteiger partial charge in [-0.15, -0.1) is 0 Å². The number of pyridine rings is 1. The number of amides is 1. The number of aromatic nitrogens is 4. The summed E-state index contributed by atoms with van der Waals surface area (Å²) in [6.45, 7) is 1.49. The highest BCUT2D eigenvalue weighted by atomic mass is 32.2. The van der Waals surface area contributed by atoms with Gasteiger partial charge in [0.2, 0.25) is 0 Å². The first-order valence-electron chi connectivity index (χ1n) is 15.4. The Morgan fingerprint density at radius 2 is 1.49 bits per heavy atom. The highest BCUT2D eigenvalue weighted by molar-refractivity contribution is 7.85. The smallest absolute Gasteiger partial charge is 0.269 e. The maximum Gasteiger partial charge on any atom is 0.269 e. The lowest BCUT2D eigenvalue weighted by Gasteiger charge is -2.26. The summed E-state index contributed by atoms with van der Waals surface area (Å²) in [6, 6.07) is 16.2. The van der Waals surface area contributed by atoms with Gasteiger partial charge in [-0.25, -0.2) is 13.5 Å². The second-order valence-electron chi connectivity index (χ2n) is 11.8. The number of primary amides is 1. The van der Waals surface area contributed by atoms with Gasteiger partial charge >= 0.3 is 0 Å². The molecular formula is C33H36F2N8O8S2. The van der Waals surface area contributed by atoms with Gasteiger partial charge in [-0.3, -0.25) is 18.9 Å². The minimum atomic E-state index is -3.67. The fraction of sp³-hybridized carbons (Fsp3) is 0.212. The van der Waals surface area contributed by atoms with E-state index in [1.165, 1.54) is 22.9 Å². The van der Waals surface area contributed by atoms with Crippen LogP contribution in [0.25, 0.3) is 38.7 Å². The topological polar surface area (TPSA) is 241 Å². The zero-order chi connectivity index (χ0) is 39.2. The Balaban J connectivity index is 0.000000556. The summed E-state index contributed by atoms with van der Waals surface area (Å²) in [5.74, 6) is -2.06. The van der Waals surface area contributed by atoms with Gasteiger partial charge in [0.25, 0.3) is 26.1 Å². The molecule has 6 aromatic rings. The van der Waals surface area contributed by atoms with Crippen molar-refractivity contribution in [2.75, 3.05) is 50.3 Å². The van der Waals surface area contributed by atoms with Crippen molar-refractivity contribution < 1.29 is 44.0 Å². The predicted octanol–water partition coefficient (Wildman–Crippen LogP) is 4.29. The van der Waals surface area contributed by atoms with Crippen LogP contribution >= 0.6 is 0 Å². The maximum atomic E-state index is 16.4. The average Bonchev–Trinajstić information content (AvgIpc) is 3.63. The zero-order valence-corrected chi connectivity index (χ0v) is 30.4. The number of nitrogens with zero attached hydrogens (tertiary/aromatic N) is 6. The van der Waals surface area contributed by atoms with Crippen LogP contribution in [0.5, 0.6) is 0 Å². The van der Waals surface area contributed by atoms with Crippen LogP contribution in [0.3, 0.4) is 0 Å². The third kappa shape index (κ3) is 10.7. The van der Waals surface area contributed by atoms with E-state index in [1.54, 1.807) is 42.7 Å². The fourth-order valence-corrected chi connectivity index (χ4v) is 5.19. The molecule has 0 saturated heterocycles. The van der Waals surface area contributed by atoms with Gasteiger partial charge in [-0.2, -0.15) is 21.9 Å². The maximum absolute atomic E-state index is 16.4. The third-order valence-corrected chi connectivity index (χ3v) is 7.26. The van der Waals surface area contributed by atoms with Crippen molar-refractivity contribution in [1.29, 1.82) is 0 Å². The third-order valence-electron chi connectivity index (χ3n) is 7.26. The number of carbonyl (C=O) groups excluding carboxylic acids is 1. The largest absolute Gasteiger partial charge is 0.380 e. The normalized spacial score (nSPS) is 11.6. The van der Waals surface area contributed by atoms with E-state index in [2.05, 4.69) is 20.1 Å². The molecular weight excluding hydrogens is 739 g/mol. The summed E-state index contributed by atoms with van der Waals surface area (Å²) in [5, 5.41) is 8.73. The molecule has 0 aliphatic carbocycles. The van der Waals surface area contributed by atoms with E-state index < -0.39 is 37.8 Å². The molecule has 1 amide bonds. The van der Waals surface area contributed by atoms with Gasteiger partial charge < -0.3 is 25.8 Å². The van der Waals surface area contributed by atoms with E-state index in [0.717, 1.165) is 18.7 Å². The van der Waals surface area contributed by atoms with E-state index in [9.17, 15) is 21.6 Å². The summed E-state index contributed by atoms with van der Waals surface area (Å²) < 4.78 is 90.4. The number of nitrogens with two attached hydrogens (primary N) is 2. The molecule has 3 heterocycles. The first-order valence-corrected chi connectivity index (χ1v) is 19.1. The number of hydrogen-bond acceptors (Lipinski definition) is 12. The van der Waals surface area contributed by atoms with Gasteiger partial charge in [0.05, 0.1) is 23.6 Å². The van der Waals surface area contributed by atoms with Gasteiger partial charge in [-0.1, -0.05) is 11.2 Å². The monoisotopic (exact) mass is 774 g/mol. The molecule has 0 aliphatic rings. The van der Waals surface area contributed by atoms with Crippen molar-refractivity contribution in [2.45, 2.75) is 6.42 Å². The van der Waals surface area contributed by atoms with Gasteiger partial charge in [-0.05, 0) is 81.7 Å². The van der Waals surface area contributed by atoms with E-state index in [4.69, 9.17) is 25.1 Å². The number of hydrogen-bond donors (Lipinski definition) is 4. The second kappa shape index (κ2) is 16.4. The number of nitrogen functional groups attached to an aromatic ring is 1. The Hall–Kier alpha value is -5.54. The highest BCUT2D eigenvalue weighted by Crippen LogP contribution is 2.36. The molecule has 282 valence electrons. The summed E-state index contributed by atoms with van der Waals surface area (Å²) >= 11 is 0. The Bertz CT molecular complexity index is 2430. The summed E-state index contributed by atoms with van der Waals surface area (Å²) in [5.41, 5.74) is 13.7. The quantitative estimate of drug-likeness (QED) is 0.150. The van der Waals surface area contributed by atoms with Crippen molar-refractivity contribution in [3.05, 3.63) is 90.4 Å².